The number of nitrogens with two attached hydrogens (primary N) is 1. The number of nitrogen functional groups attached to an aromatic ring is 1. The van der Waals surface area contributed by atoms with Crippen LogP contribution >= 0.6 is 0 Å². The van der Waals surface area contributed by atoms with E-state index >= 15 is 0 Å². The minimum absolute atomic E-state index is 0.280. The van der Waals surface area contributed by atoms with Crippen molar-refractivity contribution in [1.82, 2.24) is 4.72 Å². The van der Waals surface area contributed by atoms with Crippen molar-refractivity contribution in [3.63, 3.8) is 0 Å². The number of nitro benzene ring substituents is 1. The van der Waals surface area contributed by atoms with E-state index in [0.717, 1.165) is 25.0 Å². The second kappa shape index (κ2) is 7.34. The van der Waals surface area contributed by atoms with E-state index in [9.17, 15) is 18.5 Å². The second-order valence-electron chi connectivity index (χ2n) is 4.75. The summed E-state index contributed by atoms with van der Waals surface area (Å²) in [5, 5.41) is 11.0. The van der Waals surface area contributed by atoms with Gasteiger partial charge in [-0.05, 0) is 25.5 Å². The Bertz CT molecular complexity index is 603. The Morgan fingerprint density at radius 2 is 2.10 bits per heavy atom. The van der Waals surface area contributed by atoms with Crippen LogP contribution in [-0.4, -0.2) is 19.4 Å². The average Bonchev–Trinajstić information content (AvgIpc) is 2.43. The van der Waals surface area contributed by atoms with Crippen LogP contribution in [0.3, 0.4) is 0 Å². The fraction of sp³-hybridized carbons (Fsp3) is 0.500. The molecular weight excluding hydrogens is 296 g/mol. The number of nitrogens with one attached hydrogen (secondary N) is 2. The molecule has 0 fully saturated rings. The van der Waals surface area contributed by atoms with E-state index in [-0.39, 0.29) is 11.7 Å². The third-order valence-corrected chi connectivity index (χ3v) is 4.58. The Labute approximate surface area is 123 Å². The van der Waals surface area contributed by atoms with Gasteiger partial charge in [-0.1, -0.05) is 19.8 Å². The molecule has 0 saturated carbocycles. The summed E-state index contributed by atoms with van der Waals surface area (Å²) >= 11 is 0. The molecule has 0 aliphatic carbocycles. The van der Waals surface area contributed by atoms with Gasteiger partial charge in [-0.2, -0.15) is 0 Å². The van der Waals surface area contributed by atoms with E-state index in [0.29, 0.717) is 6.42 Å². The molecule has 4 N–H and O–H groups in total. The van der Waals surface area contributed by atoms with E-state index in [2.05, 4.69) is 10.1 Å². The Morgan fingerprint density at radius 3 is 2.62 bits per heavy atom. The van der Waals surface area contributed by atoms with Gasteiger partial charge < -0.3 is 5.43 Å². The lowest BCUT2D eigenvalue weighted by Crippen LogP contribution is -2.33. The molecule has 0 aliphatic heterocycles. The summed E-state index contributed by atoms with van der Waals surface area (Å²) in [6, 6.07) is 3.30. The fourth-order valence-electron chi connectivity index (χ4n) is 1.87. The number of hydrazine groups is 1. The smallest absolute Gasteiger partial charge is 0.289 e. The lowest BCUT2D eigenvalue weighted by molar-refractivity contribution is -0.387. The summed E-state index contributed by atoms with van der Waals surface area (Å²) in [6.07, 6.45) is 2.48. The van der Waals surface area contributed by atoms with Crippen molar-refractivity contribution >= 4 is 21.4 Å². The topological polar surface area (TPSA) is 127 Å². The highest BCUT2D eigenvalue weighted by atomic mass is 32.2. The number of sulfonamides is 1. The fourth-order valence-corrected chi connectivity index (χ4v) is 3.34. The molecule has 0 aromatic heterocycles. The number of nitro groups is 1. The van der Waals surface area contributed by atoms with Crippen LogP contribution in [0, 0.1) is 10.1 Å². The highest BCUT2D eigenvalue weighted by Gasteiger charge is 2.27. The number of hydrogen-bond donors (Lipinski definition) is 3. The normalized spacial score (nSPS) is 12.9. The van der Waals surface area contributed by atoms with Gasteiger partial charge in [0, 0.05) is 12.1 Å². The predicted molar refractivity (Wildman–Crippen MR) is 80.2 cm³/mol. The van der Waals surface area contributed by atoms with Gasteiger partial charge >= 0.3 is 0 Å². The third kappa shape index (κ3) is 4.66. The highest BCUT2D eigenvalue weighted by Crippen LogP contribution is 2.27. The van der Waals surface area contributed by atoms with Crippen molar-refractivity contribution in [2.45, 2.75) is 44.0 Å². The molecule has 0 radical (unpaired) electrons. The first-order chi connectivity index (χ1) is 9.81. The first-order valence-electron chi connectivity index (χ1n) is 6.59. The molecule has 1 aromatic rings. The minimum Gasteiger partial charge on any atom is -0.324 e. The number of nitrogens with zero attached hydrogens (tertiary/aromatic N) is 1. The number of anilines is 1. The summed E-state index contributed by atoms with van der Waals surface area (Å²) in [4.78, 5) is 9.86. The molecule has 0 heterocycles. The molecule has 1 unspecified atom stereocenters. The minimum atomic E-state index is -3.99. The average molecular weight is 316 g/mol. The Balaban J connectivity index is 3.14. The Hall–Kier alpha value is -1.71. The van der Waals surface area contributed by atoms with Crippen molar-refractivity contribution in [2.24, 2.45) is 5.84 Å². The molecule has 0 aliphatic rings. The molecule has 8 nitrogen and oxygen atoms in total. The van der Waals surface area contributed by atoms with Gasteiger partial charge in [0.15, 0.2) is 4.90 Å². The van der Waals surface area contributed by atoms with Crippen molar-refractivity contribution in [1.29, 1.82) is 0 Å². The quantitative estimate of drug-likeness (QED) is 0.381. The molecule has 9 heteroatoms. The Morgan fingerprint density at radius 1 is 1.43 bits per heavy atom. The first-order valence-corrected chi connectivity index (χ1v) is 8.07. The van der Waals surface area contributed by atoms with Gasteiger partial charge in [-0.15, -0.1) is 0 Å². The van der Waals surface area contributed by atoms with Crippen LogP contribution in [0.1, 0.15) is 33.1 Å². The zero-order valence-electron chi connectivity index (χ0n) is 12.0. The molecule has 0 saturated heterocycles. The summed E-state index contributed by atoms with van der Waals surface area (Å²) < 4.78 is 27.1. The second-order valence-corrected chi connectivity index (χ2v) is 6.43. The molecule has 118 valence electrons. The summed E-state index contributed by atoms with van der Waals surface area (Å²) in [5.41, 5.74) is 2.08. The van der Waals surface area contributed by atoms with Gasteiger partial charge in [0.2, 0.25) is 10.0 Å². The molecule has 21 heavy (non-hydrogen) atoms. The number of unbranched alkanes of at least 4 members (excludes halogenated alkanes) is 1. The molecule has 0 bridgehead atoms. The zero-order chi connectivity index (χ0) is 16.0. The lowest BCUT2D eigenvalue weighted by Gasteiger charge is -2.14. The van der Waals surface area contributed by atoms with Gasteiger partial charge in [-0.25, -0.2) is 13.1 Å². The van der Waals surface area contributed by atoms with Crippen LogP contribution < -0.4 is 16.0 Å². The van der Waals surface area contributed by atoms with Crippen LogP contribution in [0.4, 0.5) is 11.4 Å². The zero-order valence-corrected chi connectivity index (χ0v) is 12.8. The first kappa shape index (κ1) is 17.3. The van der Waals surface area contributed by atoms with Crippen molar-refractivity contribution < 1.29 is 13.3 Å². The summed E-state index contributed by atoms with van der Waals surface area (Å²) in [7, 11) is -3.99. The van der Waals surface area contributed by atoms with E-state index in [1.807, 2.05) is 6.92 Å². The van der Waals surface area contributed by atoms with Crippen LogP contribution in [0.5, 0.6) is 0 Å². The SMILES string of the molecule is CCCCC(C)NS(=O)(=O)c1cc(NN)ccc1[N+](=O)[O-]. The van der Waals surface area contributed by atoms with E-state index in [4.69, 9.17) is 5.84 Å². The lowest BCUT2D eigenvalue weighted by atomic mass is 10.2. The molecule has 0 amide bonds. The summed E-state index contributed by atoms with van der Waals surface area (Å²) in [5.74, 6) is 5.22. The van der Waals surface area contributed by atoms with Crippen molar-refractivity contribution in [3.8, 4) is 0 Å². The monoisotopic (exact) mass is 316 g/mol. The third-order valence-electron chi connectivity index (χ3n) is 2.96. The van der Waals surface area contributed by atoms with Crippen LogP contribution in [0.25, 0.3) is 0 Å². The maximum atomic E-state index is 12.3. The molecule has 1 atom stereocenters. The molecule has 0 spiro atoms. The standard InChI is InChI=1S/C12H20N4O4S/c1-3-4-5-9(2)15-21(19,20)12-8-10(14-13)6-7-11(12)16(17)18/h6-9,14-15H,3-5,13H2,1-2H3. The van der Waals surface area contributed by atoms with Crippen LogP contribution in [0.15, 0.2) is 23.1 Å². The largest absolute Gasteiger partial charge is 0.324 e. The van der Waals surface area contributed by atoms with E-state index < -0.39 is 25.5 Å². The summed E-state index contributed by atoms with van der Waals surface area (Å²) in [6.45, 7) is 3.73. The van der Waals surface area contributed by atoms with Gasteiger partial charge in [-0.3, -0.25) is 16.0 Å². The van der Waals surface area contributed by atoms with Gasteiger partial charge in [0.1, 0.15) is 0 Å². The maximum absolute atomic E-state index is 12.3. The van der Waals surface area contributed by atoms with Crippen molar-refractivity contribution in [3.05, 3.63) is 28.3 Å². The van der Waals surface area contributed by atoms with E-state index in [1.165, 1.54) is 6.07 Å². The number of rotatable bonds is 8. The van der Waals surface area contributed by atoms with Crippen LogP contribution in [0.2, 0.25) is 0 Å². The Kier molecular flexibility index (Phi) is 6.06. The van der Waals surface area contributed by atoms with Crippen LogP contribution in [-0.2, 0) is 10.0 Å². The molecule has 1 aromatic carbocycles. The van der Waals surface area contributed by atoms with Gasteiger partial charge in [0.25, 0.3) is 5.69 Å². The number of benzene rings is 1. The van der Waals surface area contributed by atoms with Gasteiger partial charge in [0.05, 0.1) is 10.6 Å². The number of hydrogen-bond acceptors (Lipinski definition) is 6. The molecular formula is C12H20N4O4S. The maximum Gasteiger partial charge on any atom is 0.289 e. The van der Waals surface area contributed by atoms with E-state index in [1.54, 1.807) is 6.92 Å². The van der Waals surface area contributed by atoms with Crippen molar-refractivity contribution in [2.75, 3.05) is 5.43 Å². The predicted octanol–water partition coefficient (Wildman–Crippen LogP) is 1.74. The highest BCUT2D eigenvalue weighted by molar-refractivity contribution is 7.89. The molecule has 1 rings (SSSR count).